The zero-order valence-corrected chi connectivity index (χ0v) is 16.3. The molecule has 0 saturated carbocycles. The molecule has 0 aliphatic rings. The highest BCUT2D eigenvalue weighted by Crippen LogP contribution is 2.18. The molecule has 1 heterocycles. The zero-order valence-electron chi connectivity index (χ0n) is 16.3. The summed E-state index contributed by atoms with van der Waals surface area (Å²) in [4.78, 5) is 11.1. The van der Waals surface area contributed by atoms with Crippen molar-refractivity contribution in [3.05, 3.63) is 41.5 Å². The Bertz CT molecular complexity index is 711. The third kappa shape index (κ3) is 5.47. The van der Waals surface area contributed by atoms with Gasteiger partial charge in [0, 0.05) is 38.0 Å². The third-order valence-corrected chi connectivity index (χ3v) is 3.88. The molecule has 7 heteroatoms. The molecule has 26 heavy (non-hydrogen) atoms. The van der Waals surface area contributed by atoms with Crippen molar-refractivity contribution in [1.29, 1.82) is 0 Å². The second-order valence-electron chi connectivity index (χ2n) is 6.35. The van der Waals surface area contributed by atoms with Gasteiger partial charge >= 0.3 is 0 Å². The molecule has 142 valence electrons. The molecule has 1 N–H and O–H groups in total. The van der Waals surface area contributed by atoms with Gasteiger partial charge in [0.05, 0.1) is 13.7 Å². The van der Waals surface area contributed by atoms with E-state index in [0.717, 1.165) is 29.6 Å². The number of hydrogen-bond acceptors (Lipinski definition) is 5. The van der Waals surface area contributed by atoms with Gasteiger partial charge < -0.3 is 19.5 Å². The summed E-state index contributed by atoms with van der Waals surface area (Å²) in [6.07, 6.45) is 0.622. The molecule has 0 aliphatic heterocycles. The minimum Gasteiger partial charge on any atom is -0.496 e. The van der Waals surface area contributed by atoms with Gasteiger partial charge in [0.1, 0.15) is 5.75 Å². The van der Waals surface area contributed by atoms with Crippen LogP contribution >= 0.6 is 0 Å². The van der Waals surface area contributed by atoms with Gasteiger partial charge in [-0.2, -0.15) is 4.98 Å². The Morgan fingerprint density at radius 3 is 2.77 bits per heavy atom. The Labute approximate surface area is 155 Å². The van der Waals surface area contributed by atoms with Gasteiger partial charge in [0.2, 0.25) is 5.89 Å². The van der Waals surface area contributed by atoms with Gasteiger partial charge in [-0.15, -0.1) is 0 Å². The average molecular weight is 359 g/mol. The van der Waals surface area contributed by atoms with Crippen molar-refractivity contribution in [2.24, 2.45) is 4.99 Å². The molecule has 0 bridgehead atoms. The number of aliphatic imine (C=N–C) groups is 1. The van der Waals surface area contributed by atoms with E-state index in [1.54, 1.807) is 7.11 Å². The van der Waals surface area contributed by atoms with E-state index in [4.69, 9.17) is 9.26 Å². The van der Waals surface area contributed by atoms with Crippen molar-refractivity contribution < 1.29 is 9.26 Å². The van der Waals surface area contributed by atoms with Crippen LogP contribution in [0, 0.1) is 0 Å². The van der Waals surface area contributed by atoms with E-state index in [1.807, 2.05) is 39.1 Å². The molecule has 1 aromatic heterocycles. The number of ether oxygens (including phenoxy) is 1. The molecule has 0 spiro atoms. The van der Waals surface area contributed by atoms with Crippen LogP contribution < -0.4 is 10.1 Å². The van der Waals surface area contributed by atoms with E-state index < -0.39 is 0 Å². The molecule has 1 aromatic carbocycles. The van der Waals surface area contributed by atoms with E-state index >= 15 is 0 Å². The summed E-state index contributed by atoms with van der Waals surface area (Å²) < 4.78 is 10.7. The van der Waals surface area contributed by atoms with Crippen LogP contribution in [0.3, 0.4) is 0 Å². The predicted molar refractivity (Wildman–Crippen MR) is 103 cm³/mol. The summed E-state index contributed by atoms with van der Waals surface area (Å²) in [5.74, 6) is 3.34. The predicted octanol–water partition coefficient (Wildman–Crippen LogP) is 2.84. The number of guanidine groups is 1. The molecular weight excluding hydrogens is 330 g/mol. The number of nitrogens with one attached hydrogen (secondary N) is 1. The first-order valence-corrected chi connectivity index (χ1v) is 8.99. The summed E-state index contributed by atoms with van der Waals surface area (Å²) in [5, 5.41) is 7.30. The Balaban J connectivity index is 2.00. The topological polar surface area (TPSA) is 75.8 Å². The summed E-state index contributed by atoms with van der Waals surface area (Å²) in [5.41, 5.74) is 1.11. The molecule has 7 nitrogen and oxygen atoms in total. The Kier molecular flexibility index (Phi) is 7.44. The molecular formula is C19H29N5O2. The van der Waals surface area contributed by atoms with E-state index in [1.165, 1.54) is 0 Å². The quantitative estimate of drug-likeness (QED) is 0.577. The first-order valence-electron chi connectivity index (χ1n) is 8.99. The molecule has 0 aliphatic carbocycles. The minimum absolute atomic E-state index is 0.264. The molecule has 0 fully saturated rings. The molecule has 0 radical (unpaired) electrons. The largest absolute Gasteiger partial charge is 0.496 e. The highest BCUT2D eigenvalue weighted by atomic mass is 16.5. The number of nitrogens with zero attached hydrogens (tertiary/aromatic N) is 4. The van der Waals surface area contributed by atoms with Crippen molar-refractivity contribution in [3.63, 3.8) is 0 Å². The second-order valence-corrected chi connectivity index (χ2v) is 6.35. The van der Waals surface area contributed by atoms with Crippen LogP contribution in [0.2, 0.25) is 0 Å². The Hall–Kier alpha value is -2.57. The van der Waals surface area contributed by atoms with E-state index in [2.05, 4.69) is 38.3 Å². The fourth-order valence-corrected chi connectivity index (χ4v) is 2.50. The van der Waals surface area contributed by atoms with Crippen LogP contribution in [0.25, 0.3) is 0 Å². The van der Waals surface area contributed by atoms with Gasteiger partial charge in [0.25, 0.3) is 0 Å². The van der Waals surface area contributed by atoms with Gasteiger partial charge in [-0.3, -0.25) is 4.99 Å². The first-order chi connectivity index (χ1) is 12.5. The summed E-state index contributed by atoms with van der Waals surface area (Å²) in [6.45, 7) is 8.23. The Morgan fingerprint density at radius 2 is 2.12 bits per heavy atom. The molecule has 0 unspecified atom stereocenters. The van der Waals surface area contributed by atoms with Crippen molar-refractivity contribution in [2.45, 2.75) is 39.7 Å². The van der Waals surface area contributed by atoms with Crippen molar-refractivity contribution in [1.82, 2.24) is 20.4 Å². The monoisotopic (exact) mass is 359 g/mol. The van der Waals surface area contributed by atoms with Crippen LogP contribution in [-0.2, 0) is 13.0 Å². The van der Waals surface area contributed by atoms with Crippen molar-refractivity contribution >= 4 is 5.96 Å². The number of aromatic nitrogens is 2. The highest BCUT2D eigenvalue weighted by molar-refractivity contribution is 5.79. The molecule has 0 saturated heterocycles. The number of benzene rings is 1. The maximum atomic E-state index is 5.43. The lowest BCUT2D eigenvalue weighted by atomic mass is 10.2. The van der Waals surface area contributed by atoms with Crippen LogP contribution in [0.5, 0.6) is 5.75 Å². The highest BCUT2D eigenvalue weighted by Gasteiger charge is 2.11. The second kappa shape index (κ2) is 9.79. The molecule has 2 aromatic rings. The lowest BCUT2D eigenvalue weighted by Crippen LogP contribution is -2.38. The van der Waals surface area contributed by atoms with E-state index in [9.17, 15) is 0 Å². The van der Waals surface area contributed by atoms with Gasteiger partial charge in [-0.1, -0.05) is 37.2 Å². The van der Waals surface area contributed by atoms with E-state index in [0.29, 0.717) is 25.4 Å². The van der Waals surface area contributed by atoms with Crippen molar-refractivity contribution in [2.75, 3.05) is 27.2 Å². The molecule has 2 rings (SSSR count). The van der Waals surface area contributed by atoms with Crippen molar-refractivity contribution in [3.8, 4) is 5.75 Å². The first kappa shape index (κ1) is 19.8. The standard InChI is InChI=1S/C19H29N5O2/c1-6-20-19(21-12-11-17-22-18(14(2)3)23-26-17)24(4)13-15-9-7-8-10-16(15)25-5/h7-10,14H,6,11-13H2,1-5H3,(H,20,21). The molecule has 0 amide bonds. The molecule has 0 atom stereocenters. The fourth-order valence-electron chi connectivity index (χ4n) is 2.50. The number of methoxy groups -OCH3 is 1. The van der Waals surface area contributed by atoms with E-state index in [-0.39, 0.29) is 5.92 Å². The average Bonchev–Trinajstić information content (AvgIpc) is 3.10. The number of para-hydroxylation sites is 1. The maximum Gasteiger partial charge on any atom is 0.228 e. The van der Waals surface area contributed by atoms with Gasteiger partial charge in [-0.25, -0.2) is 0 Å². The summed E-state index contributed by atoms with van der Waals surface area (Å²) in [7, 11) is 3.70. The number of hydrogen-bond donors (Lipinski definition) is 1. The number of rotatable bonds is 8. The lowest BCUT2D eigenvalue weighted by molar-refractivity contribution is 0.372. The maximum absolute atomic E-state index is 5.43. The lowest BCUT2D eigenvalue weighted by Gasteiger charge is -2.23. The summed E-state index contributed by atoms with van der Waals surface area (Å²) in [6, 6.07) is 8.01. The van der Waals surface area contributed by atoms with Gasteiger partial charge in [0.15, 0.2) is 11.8 Å². The minimum atomic E-state index is 0.264. The fraction of sp³-hybridized carbons (Fsp3) is 0.526. The SMILES string of the molecule is CCNC(=NCCc1nc(C(C)C)no1)N(C)Cc1ccccc1OC. The third-order valence-electron chi connectivity index (χ3n) is 3.88. The smallest absolute Gasteiger partial charge is 0.228 e. The van der Waals surface area contributed by atoms with Crippen LogP contribution in [0.15, 0.2) is 33.8 Å². The van der Waals surface area contributed by atoms with Gasteiger partial charge in [-0.05, 0) is 13.0 Å². The Morgan fingerprint density at radius 1 is 1.35 bits per heavy atom. The van der Waals surface area contributed by atoms with Crippen LogP contribution in [0.4, 0.5) is 0 Å². The van der Waals surface area contributed by atoms with Crippen LogP contribution in [-0.4, -0.2) is 48.2 Å². The summed E-state index contributed by atoms with van der Waals surface area (Å²) >= 11 is 0. The zero-order chi connectivity index (χ0) is 18.9. The normalized spacial score (nSPS) is 11.7. The van der Waals surface area contributed by atoms with Crippen LogP contribution in [0.1, 0.15) is 44.0 Å².